The molecule has 10 heteroatoms. The van der Waals surface area contributed by atoms with Crippen LogP contribution in [-0.2, 0) is 18.4 Å². The average molecular weight is 843 g/mol. The molecule has 0 heterocycles. The Hall–Kier alpha value is -1.06. The molecular weight excluding hydrogens is 748 g/mol. The van der Waals surface area contributed by atoms with Gasteiger partial charge in [-0.25, -0.2) is 4.57 Å². The number of carbonyl (C=O) groups is 1. The highest BCUT2D eigenvalue weighted by atomic mass is 31.2. The van der Waals surface area contributed by atoms with Gasteiger partial charge in [0.25, 0.3) is 0 Å². The standard InChI is InChI=1S/C48H95N2O7P/c1-3-5-7-9-11-13-15-17-19-21-22-23-24-26-28-30-32-34-36-38-40-47(52)46(44-57-58(54,55)56-42-41-49)50-48(53)43-45(51)39-37-35-33-31-29-27-25-20-18-16-14-12-10-8-6-4-2/h27,29,38,40,45-47,51-52H,3-26,28,30-37,39,41-44,49H2,1-2H3,(H,50,53)(H,54,55)/b29-27-,40-38+. The lowest BCUT2D eigenvalue weighted by molar-refractivity contribution is -0.124. The van der Waals surface area contributed by atoms with Crippen LogP contribution in [0.4, 0.5) is 0 Å². The highest BCUT2D eigenvalue weighted by Gasteiger charge is 2.27. The van der Waals surface area contributed by atoms with Crippen LogP contribution >= 0.6 is 7.82 Å². The number of allylic oxidation sites excluding steroid dienone is 3. The molecule has 4 atom stereocenters. The van der Waals surface area contributed by atoms with Crippen LogP contribution in [-0.4, -0.2) is 59.0 Å². The number of nitrogens with one attached hydrogen (secondary N) is 1. The number of aliphatic hydroxyl groups excluding tert-OH is 2. The van der Waals surface area contributed by atoms with Crippen molar-refractivity contribution in [1.29, 1.82) is 0 Å². The van der Waals surface area contributed by atoms with Gasteiger partial charge in [-0.1, -0.05) is 212 Å². The van der Waals surface area contributed by atoms with Gasteiger partial charge < -0.3 is 26.2 Å². The van der Waals surface area contributed by atoms with E-state index in [0.717, 1.165) is 51.4 Å². The third kappa shape index (κ3) is 41.7. The molecule has 344 valence electrons. The van der Waals surface area contributed by atoms with Crippen molar-refractivity contribution in [3.05, 3.63) is 24.3 Å². The third-order valence-corrected chi connectivity index (χ3v) is 12.1. The highest BCUT2D eigenvalue weighted by Crippen LogP contribution is 2.43. The van der Waals surface area contributed by atoms with Crippen LogP contribution in [0.25, 0.3) is 0 Å². The number of aliphatic hydroxyl groups is 2. The maximum absolute atomic E-state index is 12.8. The van der Waals surface area contributed by atoms with Crippen LogP contribution in [0.2, 0.25) is 0 Å². The second-order valence-electron chi connectivity index (χ2n) is 16.9. The van der Waals surface area contributed by atoms with E-state index < -0.39 is 38.6 Å². The van der Waals surface area contributed by atoms with Gasteiger partial charge in [0.15, 0.2) is 0 Å². The number of carbonyl (C=O) groups excluding carboxylic acids is 1. The molecule has 0 aromatic carbocycles. The minimum atomic E-state index is -4.40. The molecule has 0 saturated heterocycles. The topological polar surface area (TPSA) is 151 Å². The van der Waals surface area contributed by atoms with E-state index in [2.05, 4.69) is 31.3 Å². The molecule has 9 nitrogen and oxygen atoms in total. The summed E-state index contributed by atoms with van der Waals surface area (Å²) in [6.07, 6.45) is 48.4. The zero-order valence-electron chi connectivity index (χ0n) is 37.9. The Labute approximate surface area is 358 Å². The van der Waals surface area contributed by atoms with Crippen LogP contribution in [0.15, 0.2) is 24.3 Å². The van der Waals surface area contributed by atoms with E-state index in [-0.39, 0.29) is 19.6 Å². The second-order valence-corrected chi connectivity index (χ2v) is 18.3. The van der Waals surface area contributed by atoms with Crippen LogP contribution in [0.1, 0.15) is 239 Å². The maximum Gasteiger partial charge on any atom is 0.472 e. The quantitative estimate of drug-likeness (QED) is 0.0231. The first kappa shape index (κ1) is 56.9. The Kier molecular flexibility index (Phi) is 43.2. The number of nitrogens with two attached hydrogens (primary N) is 1. The summed E-state index contributed by atoms with van der Waals surface area (Å²) in [4.78, 5) is 22.8. The monoisotopic (exact) mass is 843 g/mol. The van der Waals surface area contributed by atoms with Crippen LogP contribution in [0.5, 0.6) is 0 Å². The van der Waals surface area contributed by atoms with Crippen molar-refractivity contribution in [2.75, 3.05) is 19.8 Å². The van der Waals surface area contributed by atoms with E-state index in [1.165, 1.54) is 161 Å². The van der Waals surface area contributed by atoms with Crippen molar-refractivity contribution in [1.82, 2.24) is 5.32 Å². The largest absolute Gasteiger partial charge is 0.472 e. The van der Waals surface area contributed by atoms with E-state index in [0.29, 0.717) is 6.42 Å². The first-order valence-electron chi connectivity index (χ1n) is 24.5. The molecule has 0 radical (unpaired) electrons. The van der Waals surface area contributed by atoms with Gasteiger partial charge in [0.1, 0.15) is 0 Å². The van der Waals surface area contributed by atoms with Crippen molar-refractivity contribution < 1.29 is 33.5 Å². The minimum Gasteiger partial charge on any atom is -0.393 e. The second kappa shape index (κ2) is 44.0. The van der Waals surface area contributed by atoms with Gasteiger partial charge in [-0.3, -0.25) is 13.8 Å². The molecule has 0 bridgehead atoms. The summed E-state index contributed by atoms with van der Waals surface area (Å²) in [7, 11) is -4.40. The Bertz CT molecular complexity index is 982. The van der Waals surface area contributed by atoms with Gasteiger partial charge in [0.2, 0.25) is 5.91 Å². The van der Waals surface area contributed by atoms with Crippen LogP contribution in [0.3, 0.4) is 0 Å². The van der Waals surface area contributed by atoms with Crippen LogP contribution in [0, 0.1) is 0 Å². The number of unbranched alkanes of at least 4 members (excludes halogenated alkanes) is 30. The summed E-state index contributed by atoms with van der Waals surface area (Å²) in [5.41, 5.74) is 5.38. The first-order valence-corrected chi connectivity index (χ1v) is 26.0. The van der Waals surface area contributed by atoms with Gasteiger partial charge in [0, 0.05) is 6.54 Å². The molecule has 0 aliphatic rings. The zero-order valence-corrected chi connectivity index (χ0v) is 38.8. The summed E-state index contributed by atoms with van der Waals surface area (Å²) in [5.74, 6) is -0.452. The summed E-state index contributed by atoms with van der Waals surface area (Å²) >= 11 is 0. The van der Waals surface area contributed by atoms with Gasteiger partial charge in [-0.15, -0.1) is 0 Å². The average Bonchev–Trinajstić information content (AvgIpc) is 3.20. The van der Waals surface area contributed by atoms with Gasteiger partial charge in [0.05, 0.1) is 37.9 Å². The van der Waals surface area contributed by atoms with Crippen molar-refractivity contribution in [2.24, 2.45) is 5.73 Å². The number of hydrogen-bond donors (Lipinski definition) is 5. The molecule has 0 spiro atoms. The molecule has 1 amide bonds. The molecule has 0 rings (SSSR count). The van der Waals surface area contributed by atoms with Crippen molar-refractivity contribution in [3.63, 3.8) is 0 Å². The van der Waals surface area contributed by atoms with E-state index in [4.69, 9.17) is 14.8 Å². The lowest BCUT2D eigenvalue weighted by atomic mass is 10.0. The van der Waals surface area contributed by atoms with Crippen molar-refractivity contribution in [3.8, 4) is 0 Å². The molecule has 6 N–H and O–H groups in total. The zero-order chi connectivity index (χ0) is 42.6. The predicted molar refractivity (Wildman–Crippen MR) is 246 cm³/mol. The summed E-state index contributed by atoms with van der Waals surface area (Å²) in [5, 5.41) is 24.1. The lowest BCUT2D eigenvalue weighted by Gasteiger charge is -2.24. The fourth-order valence-corrected chi connectivity index (χ4v) is 8.11. The molecule has 0 aliphatic heterocycles. The Balaban J connectivity index is 4.25. The van der Waals surface area contributed by atoms with Crippen molar-refractivity contribution >= 4 is 13.7 Å². The molecular formula is C48H95N2O7P. The fourth-order valence-electron chi connectivity index (χ4n) is 7.35. The third-order valence-electron chi connectivity index (χ3n) is 11.1. The number of hydrogen-bond acceptors (Lipinski definition) is 7. The van der Waals surface area contributed by atoms with Gasteiger partial charge >= 0.3 is 7.82 Å². The van der Waals surface area contributed by atoms with E-state index in [1.54, 1.807) is 6.08 Å². The van der Waals surface area contributed by atoms with Crippen molar-refractivity contribution in [2.45, 2.75) is 257 Å². The van der Waals surface area contributed by atoms with E-state index in [9.17, 15) is 24.5 Å². The number of rotatable bonds is 46. The predicted octanol–water partition coefficient (Wildman–Crippen LogP) is 13.1. The molecule has 0 aromatic rings. The SMILES string of the molecule is CCCCCCCCCCC/C=C\CCCCCC(O)CC(=O)NC(COP(=O)(O)OCCN)C(O)/C=C/CCCCCCCCCCCCCCCCCCCC. The Morgan fingerprint density at radius 2 is 0.966 bits per heavy atom. The molecule has 0 aromatic heterocycles. The Morgan fingerprint density at radius 3 is 1.38 bits per heavy atom. The van der Waals surface area contributed by atoms with Crippen LogP contribution < -0.4 is 11.1 Å². The summed E-state index contributed by atoms with van der Waals surface area (Å²) < 4.78 is 22.1. The molecule has 0 saturated carbocycles. The molecule has 58 heavy (non-hydrogen) atoms. The lowest BCUT2D eigenvalue weighted by Crippen LogP contribution is -2.46. The maximum atomic E-state index is 12.8. The van der Waals surface area contributed by atoms with E-state index >= 15 is 0 Å². The smallest absolute Gasteiger partial charge is 0.393 e. The number of amides is 1. The number of phosphoric acid groups is 1. The first-order chi connectivity index (χ1) is 28.3. The number of phosphoric ester groups is 1. The minimum absolute atomic E-state index is 0.0485. The fraction of sp³-hybridized carbons (Fsp3) is 0.896. The normalized spacial score (nSPS) is 14.7. The summed E-state index contributed by atoms with van der Waals surface area (Å²) in [6.45, 7) is 3.99. The van der Waals surface area contributed by atoms with Gasteiger partial charge in [-0.05, 0) is 44.9 Å². The highest BCUT2D eigenvalue weighted by molar-refractivity contribution is 7.47. The Morgan fingerprint density at radius 1 is 0.586 bits per heavy atom. The summed E-state index contributed by atoms with van der Waals surface area (Å²) in [6, 6.07) is -0.986. The molecule has 4 unspecified atom stereocenters. The van der Waals surface area contributed by atoms with E-state index in [1.807, 2.05) is 6.08 Å². The molecule has 0 fully saturated rings. The molecule has 0 aliphatic carbocycles. The van der Waals surface area contributed by atoms with Gasteiger partial charge in [-0.2, -0.15) is 0 Å².